The molecular formula is C17H19N3O4. The van der Waals surface area contributed by atoms with Crippen LogP contribution in [0.2, 0.25) is 0 Å². The van der Waals surface area contributed by atoms with Crippen LogP contribution in [0.15, 0.2) is 18.2 Å². The Balaban J connectivity index is 1.89. The van der Waals surface area contributed by atoms with Crippen LogP contribution in [0.4, 0.5) is 5.69 Å². The van der Waals surface area contributed by atoms with Gasteiger partial charge in [0.1, 0.15) is 12.3 Å². The first kappa shape index (κ1) is 16.2. The zero-order valence-electron chi connectivity index (χ0n) is 13.4. The lowest BCUT2D eigenvalue weighted by Crippen LogP contribution is -2.47. The van der Waals surface area contributed by atoms with Crippen LogP contribution < -0.4 is 10.6 Å². The molecule has 2 N–H and O–H groups in total. The van der Waals surface area contributed by atoms with Gasteiger partial charge in [0.2, 0.25) is 5.91 Å². The van der Waals surface area contributed by atoms with Crippen LogP contribution in [0, 0.1) is 5.92 Å². The third-order valence-electron chi connectivity index (χ3n) is 4.53. The first-order chi connectivity index (χ1) is 11.4. The van der Waals surface area contributed by atoms with Crippen molar-refractivity contribution in [3.8, 4) is 0 Å². The fraction of sp³-hybridized carbons (Fsp3) is 0.412. The smallest absolute Gasteiger partial charge is 0.262 e. The zero-order chi connectivity index (χ0) is 17.4. The molecule has 1 unspecified atom stereocenters. The topological polar surface area (TPSA) is 101 Å². The zero-order valence-corrected chi connectivity index (χ0v) is 13.4. The van der Waals surface area contributed by atoms with E-state index >= 15 is 0 Å². The molecule has 0 aromatic heterocycles. The van der Waals surface area contributed by atoms with Gasteiger partial charge in [-0.15, -0.1) is 0 Å². The van der Waals surface area contributed by atoms with Gasteiger partial charge >= 0.3 is 0 Å². The number of amides is 3. The maximum atomic E-state index is 12.7. The third kappa shape index (κ3) is 2.55. The number of carbonyl (C=O) groups is 4. The van der Waals surface area contributed by atoms with E-state index in [1.54, 1.807) is 12.1 Å². The molecule has 0 spiro atoms. The predicted molar refractivity (Wildman–Crippen MR) is 86.6 cm³/mol. The summed E-state index contributed by atoms with van der Waals surface area (Å²) < 4.78 is 0. The number of rotatable bonds is 6. The molecule has 2 aliphatic rings. The maximum absolute atomic E-state index is 12.7. The van der Waals surface area contributed by atoms with E-state index in [0.29, 0.717) is 12.2 Å². The molecule has 2 aliphatic heterocycles. The Hall–Kier alpha value is -2.70. The molecule has 3 amide bonds. The largest absolute Gasteiger partial charge is 0.371 e. The lowest BCUT2D eigenvalue weighted by atomic mass is 10.0. The van der Waals surface area contributed by atoms with Gasteiger partial charge < -0.3 is 15.4 Å². The first-order valence-corrected chi connectivity index (χ1v) is 7.94. The lowest BCUT2D eigenvalue weighted by Gasteiger charge is -2.39. The fourth-order valence-electron chi connectivity index (χ4n) is 3.26. The van der Waals surface area contributed by atoms with Crippen LogP contribution in [0.3, 0.4) is 0 Å². The van der Waals surface area contributed by atoms with Crippen LogP contribution in [0.1, 0.15) is 40.5 Å². The van der Waals surface area contributed by atoms with Gasteiger partial charge in [0.05, 0.1) is 11.1 Å². The Labute approximate surface area is 139 Å². The monoisotopic (exact) mass is 329 g/mol. The third-order valence-corrected chi connectivity index (χ3v) is 4.53. The molecule has 1 aromatic carbocycles. The number of carbonyl (C=O) groups excluding carboxylic acids is 4. The van der Waals surface area contributed by atoms with Crippen LogP contribution in [-0.4, -0.2) is 48.0 Å². The summed E-state index contributed by atoms with van der Waals surface area (Å²) in [6, 6.07) is 4.02. The standard InChI is InChI=1S/C17H19N3O4/c1-10-8-19(9-10)11-4-5-12-13(7-11)17(24)20(16(12)23)14(15(18)22)3-2-6-21/h4-7,10,14H,2-3,8-9H2,1H3,(H2,18,22). The van der Waals surface area contributed by atoms with Crippen LogP contribution in [0.5, 0.6) is 0 Å². The minimum Gasteiger partial charge on any atom is -0.371 e. The quantitative estimate of drug-likeness (QED) is 0.607. The average Bonchev–Trinajstić information content (AvgIpc) is 2.76. The molecule has 0 radical (unpaired) electrons. The Morgan fingerprint density at radius 1 is 1.29 bits per heavy atom. The summed E-state index contributed by atoms with van der Waals surface area (Å²) in [6.07, 6.45) is 0.732. The average molecular weight is 329 g/mol. The van der Waals surface area contributed by atoms with Crippen molar-refractivity contribution < 1.29 is 19.2 Å². The number of anilines is 1. The number of benzene rings is 1. The highest BCUT2D eigenvalue weighted by molar-refractivity contribution is 6.23. The second-order valence-corrected chi connectivity index (χ2v) is 6.38. The van der Waals surface area contributed by atoms with E-state index in [1.807, 2.05) is 6.07 Å². The Morgan fingerprint density at radius 3 is 2.54 bits per heavy atom. The molecule has 1 fully saturated rings. The predicted octanol–water partition coefficient (Wildman–Crippen LogP) is 0.572. The highest BCUT2D eigenvalue weighted by Crippen LogP contribution is 2.32. The van der Waals surface area contributed by atoms with Gasteiger partial charge in [0.15, 0.2) is 0 Å². The van der Waals surface area contributed by atoms with Crippen LogP contribution >= 0.6 is 0 Å². The lowest BCUT2D eigenvalue weighted by molar-refractivity contribution is -0.122. The van der Waals surface area contributed by atoms with Gasteiger partial charge in [-0.3, -0.25) is 19.3 Å². The fourth-order valence-corrected chi connectivity index (χ4v) is 3.26. The first-order valence-electron chi connectivity index (χ1n) is 7.94. The summed E-state index contributed by atoms with van der Waals surface area (Å²) in [7, 11) is 0. The molecule has 0 aliphatic carbocycles. The van der Waals surface area contributed by atoms with E-state index < -0.39 is 23.8 Å². The SMILES string of the molecule is CC1CN(c2ccc3c(c2)C(=O)N(C(CCC=O)C(N)=O)C3=O)C1. The van der Waals surface area contributed by atoms with Crippen molar-refractivity contribution in [2.24, 2.45) is 11.7 Å². The molecule has 24 heavy (non-hydrogen) atoms. The van der Waals surface area contributed by atoms with E-state index in [2.05, 4.69) is 11.8 Å². The Morgan fingerprint density at radius 2 is 1.96 bits per heavy atom. The van der Waals surface area contributed by atoms with Gasteiger partial charge in [0.25, 0.3) is 11.8 Å². The van der Waals surface area contributed by atoms with E-state index in [0.717, 1.165) is 23.7 Å². The highest BCUT2D eigenvalue weighted by Gasteiger charge is 2.42. The number of primary amides is 1. The number of nitrogens with zero attached hydrogens (tertiary/aromatic N) is 2. The van der Waals surface area contributed by atoms with E-state index in [9.17, 15) is 19.2 Å². The molecule has 1 aromatic rings. The number of aldehydes is 1. The van der Waals surface area contributed by atoms with Crippen molar-refractivity contribution in [1.29, 1.82) is 0 Å². The summed E-state index contributed by atoms with van der Waals surface area (Å²) in [6.45, 7) is 3.96. The number of hydrogen-bond donors (Lipinski definition) is 1. The summed E-state index contributed by atoms with van der Waals surface area (Å²) in [5, 5.41) is 0. The van der Waals surface area contributed by atoms with Crippen molar-refractivity contribution in [2.75, 3.05) is 18.0 Å². The molecule has 7 nitrogen and oxygen atoms in total. The van der Waals surface area contributed by atoms with Crippen molar-refractivity contribution in [3.63, 3.8) is 0 Å². The van der Waals surface area contributed by atoms with Crippen LogP contribution in [-0.2, 0) is 9.59 Å². The van der Waals surface area contributed by atoms with Gasteiger partial charge in [-0.05, 0) is 30.5 Å². The molecule has 2 heterocycles. The summed E-state index contributed by atoms with van der Waals surface area (Å²) in [5.74, 6) is -1.24. The molecule has 1 atom stereocenters. The molecule has 126 valence electrons. The minimum atomic E-state index is -1.10. The highest BCUT2D eigenvalue weighted by atomic mass is 16.2. The number of fused-ring (bicyclic) bond motifs is 1. The van der Waals surface area contributed by atoms with Gasteiger partial charge in [-0.25, -0.2) is 0 Å². The molecule has 0 saturated carbocycles. The Bertz CT molecular complexity index is 725. The minimum absolute atomic E-state index is 0.0425. The maximum Gasteiger partial charge on any atom is 0.262 e. The van der Waals surface area contributed by atoms with E-state index in [-0.39, 0.29) is 24.0 Å². The second kappa shape index (κ2) is 6.07. The van der Waals surface area contributed by atoms with Gasteiger partial charge in [-0.1, -0.05) is 6.92 Å². The number of imide groups is 1. The second-order valence-electron chi connectivity index (χ2n) is 6.38. The number of hydrogen-bond acceptors (Lipinski definition) is 5. The van der Waals surface area contributed by atoms with Crippen LogP contribution in [0.25, 0.3) is 0 Å². The molecule has 0 bridgehead atoms. The van der Waals surface area contributed by atoms with E-state index in [1.165, 1.54) is 0 Å². The Kier molecular flexibility index (Phi) is 4.09. The van der Waals surface area contributed by atoms with Crippen molar-refractivity contribution in [1.82, 2.24) is 4.90 Å². The van der Waals surface area contributed by atoms with Gasteiger partial charge in [0, 0.05) is 25.2 Å². The summed E-state index contributed by atoms with van der Waals surface area (Å²) >= 11 is 0. The van der Waals surface area contributed by atoms with Crippen molar-refractivity contribution in [2.45, 2.75) is 25.8 Å². The van der Waals surface area contributed by atoms with Crippen molar-refractivity contribution in [3.05, 3.63) is 29.3 Å². The van der Waals surface area contributed by atoms with Crippen molar-refractivity contribution >= 4 is 29.7 Å². The molecule has 1 saturated heterocycles. The van der Waals surface area contributed by atoms with Gasteiger partial charge in [-0.2, -0.15) is 0 Å². The summed E-state index contributed by atoms with van der Waals surface area (Å²) in [4.78, 5) is 50.4. The molecular weight excluding hydrogens is 310 g/mol. The van der Waals surface area contributed by atoms with E-state index in [4.69, 9.17) is 5.73 Å². The normalized spacial score (nSPS) is 18.4. The molecule has 3 rings (SSSR count). The molecule has 7 heteroatoms. The summed E-state index contributed by atoms with van der Waals surface area (Å²) in [5.41, 5.74) is 6.78. The number of nitrogens with two attached hydrogens (primary N) is 1.